The Labute approximate surface area is 105 Å². The first-order valence-electron chi connectivity index (χ1n) is 6.13. The Morgan fingerprint density at radius 3 is 3.11 bits per heavy atom. The van der Waals surface area contributed by atoms with Gasteiger partial charge in [0.1, 0.15) is 18.3 Å². The summed E-state index contributed by atoms with van der Waals surface area (Å²) in [4.78, 5) is 4.42. The van der Waals surface area contributed by atoms with Crippen molar-refractivity contribution in [3.8, 4) is 5.75 Å². The van der Waals surface area contributed by atoms with Crippen molar-refractivity contribution in [1.82, 2.24) is 10.1 Å². The zero-order chi connectivity index (χ0) is 12.4. The minimum Gasteiger partial charge on any atom is -0.492 e. The van der Waals surface area contributed by atoms with Crippen LogP contribution in [0, 0.1) is 0 Å². The molecule has 0 amide bonds. The molecular formula is C13H15N3O2. The van der Waals surface area contributed by atoms with Gasteiger partial charge >= 0.3 is 0 Å². The standard InChI is InChI=1S/C13H15N3O2/c14-7-3-6-12-15-13(18-16-12)10-8-17-11-5-2-1-4-9(10)11/h1-2,4-5,10H,3,6-8,14H2. The van der Waals surface area contributed by atoms with Crippen LogP contribution in [0.1, 0.15) is 29.6 Å². The molecule has 18 heavy (non-hydrogen) atoms. The first-order valence-corrected chi connectivity index (χ1v) is 6.13. The summed E-state index contributed by atoms with van der Waals surface area (Å²) in [5, 5.41) is 3.97. The molecule has 0 saturated carbocycles. The molecule has 0 bridgehead atoms. The number of rotatable bonds is 4. The van der Waals surface area contributed by atoms with Gasteiger partial charge in [-0.3, -0.25) is 0 Å². The van der Waals surface area contributed by atoms with Gasteiger partial charge in [-0.15, -0.1) is 0 Å². The predicted octanol–water partition coefficient (Wildman–Crippen LogP) is 1.49. The first-order chi connectivity index (χ1) is 8.88. The SMILES string of the molecule is NCCCc1noc(C2COc3ccccc32)n1. The summed E-state index contributed by atoms with van der Waals surface area (Å²) < 4.78 is 10.9. The van der Waals surface area contributed by atoms with Gasteiger partial charge in [0.05, 0.1) is 0 Å². The molecule has 0 fully saturated rings. The lowest BCUT2D eigenvalue weighted by Crippen LogP contribution is -2.04. The van der Waals surface area contributed by atoms with E-state index in [4.69, 9.17) is 15.0 Å². The number of para-hydroxylation sites is 1. The van der Waals surface area contributed by atoms with Gasteiger partial charge in [0.15, 0.2) is 5.82 Å². The molecular weight excluding hydrogens is 230 g/mol. The quantitative estimate of drug-likeness (QED) is 0.883. The molecule has 5 nitrogen and oxygen atoms in total. The normalized spacial score (nSPS) is 17.5. The van der Waals surface area contributed by atoms with Crippen molar-refractivity contribution in [2.45, 2.75) is 18.8 Å². The Morgan fingerprint density at radius 2 is 2.22 bits per heavy atom. The van der Waals surface area contributed by atoms with E-state index in [1.165, 1.54) is 0 Å². The van der Waals surface area contributed by atoms with E-state index in [1.807, 2.05) is 24.3 Å². The number of nitrogens with zero attached hydrogens (tertiary/aromatic N) is 2. The highest BCUT2D eigenvalue weighted by atomic mass is 16.5. The van der Waals surface area contributed by atoms with E-state index in [-0.39, 0.29) is 5.92 Å². The van der Waals surface area contributed by atoms with Crippen LogP contribution in [-0.4, -0.2) is 23.3 Å². The lowest BCUT2D eigenvalue weighted by atomic mass is 10.0. The Balaban J connectivity index is 1.82. The lowest BCUT2D eigenvalue weighted by Gasteiger charge is -2.01. The molecule has 2 N–H and O–H groups in total. The first kappa shape index (κ1) is 11.2. The minimum absolute atomic E-state index is 0.0559. The largest absolute Gasteiger partial charge is 0.492 e. The molecule has 5 heteroatoms. The fourth-order valence-corrected chi connectivity index (χ4v) is 2.14. The van der Waals surface area contributed by atoms with E-state index in [0.717, 1.165) is 30.0 Å². The fourth-order valence-electron chi connectivity index (χ4n) is 2.14. The second kappa shape index (κ2) is 4.78. The second-order valence-corrected chi connectivity index (χ2v) is 4.34. The highest BCUT2D eigenvalue weighted by molar-refractivity contribution is 5.42. The van der Waals surface area contributed by atoms with Gasteiger partial charge in [-0.25, -0.2) is 0 Å². The van der Waals surface area contributed by atoms with Crippen molar-refractivity contribution in [2.75, 3.05) is 13.2 Å². The van der Waals surface area contributed by atoms with Crippen LogP contribution in [0.3, 0.4) is 0 Å². The van der Waals surface area contributed by atoms with E-state index in [2.05, 4.69) is 10.1 Å². The Kier molecular flexibility index (Phi) is 2.98. The molecule has 0 radical (unpaired) electrons. The lowest BCUT2D eigenvalue weighted by molar-refractivity contribution is 0.304. The second-order valence-electron chi connectivity index (χ2n) is 4.34. The zero-order valence-electron chi connectivity index (χ0n) is 10.0. The molecule has 1 aliphatic rings. The highest BCUT2D eigenvalue weighted by Crippen LogP contribution is 2.36. The van der Waals surface area contributed by atoms with Crippen LogP contribution in [0.5, 0.6) is 5.75 Å². The molecule has 0 aliphatic carbocycles. The fraction of sp³-hybridized carbons (Fsp3) is 0.385. The molecule has 1 unspecified atom stereocenters. The molecule has 2 heterocycles. The summed E-state index contributed by atoms with van der Waals surface area (Å²) in [5.41, 5.74) is 6.58. The van der Waals surface area contributed by atoms with Crippen LogP contribution in [0.2, 0.25) is 0 Å². The van der Waals surface area contributed by atoms with Gasteiger partial charge in [-0.1, -0.05) is 23.4 Å². The molecule has 1 atom stereocenters. The van der Waals surface area contributed by atoms with E-state index in [0.29, 0.717) is 19.0 Å². The topological polar surface area (TPSA) is 74.2 Å². The summed E-state index contributed by atoms with van der Waals surface area (Å²) in [6, 6.07) is 7.95. The summed E-state index contributed by atoms with van der Waals surface area (Å²) in [7, 11) is 0. The molecule has 94 valence electrons. The van der Waals surface area contributed by atoms with Crippen molar-refractivity contribution in [3.63, 3.8) is 0 Å². The molecule has 3 rings (SSSR count). The maximum atomic E-state index is 5.61. The number of hydrogen-bond acceptors (Lipinski definition) is 5. The molecule has 0 spiro atoms. The minimum atomic E-state index is 0.0559. The van der Waals surface area contributed by atoms with Crippen molar-refractivity contribution in [1.29, 1.82) is 0 Å². The predicted molar refractivity (Wildman–Crippen MR) is 65.5 cm³/mol. The summed E-state index contributed by atoms with van der Waals surface area (Å²) in [5.74, 6) is 2.32. The zero-order valence-corrected chi connectivity index (χ0v) is 10.0. The summed E-state index contributed by atoms with van der Waals surface area (Å²) in [6.07, 6.45) is 1.63. The van der Waals surface area contributed by atoms with Crippen molar-refractivity contribution >= 4 is 0 Å². The smallest absolute Gasteiger partial charge is 0.237 e. The van der Waals surface area contributed by atoms with Gasteiger partial charge in [-0.2, -0.15) is 4.98 Å². The average Bonchev–Trinajstić information content (AvgIpc) is 3.02. The van der Waals surface area contributed by atoms with Crippen LogP contribution in [0.25, 0.3) is 0 Å². The van der Waals surface area contributed by atoms with E-state index in [1.54, 1.807) is 0 Å². The van der Waals surface area contributed by atoms with Gasteiger partial charge in [0, 0.05) is 12.0 Å². The molecule has 1 aliphatic heterocycles. The van der Waals surface area contributed by atoms with Crippen molar-refractivity contribution in [2.24, 2.45) is 5.73 Å². The number of nitrogens with two attached hydrogens (primary N) is 1. The average molecular weight is 245 g/mol. The van der Waals surface area contributed by atoms with Gasteiger partial charge in [-0.05, 0) is 19.0 Å². The van der Waals surface area contributed by atoms with Gasteiger partial charge < -0.3 is 15.0 Å². The van der Waals surface area contributed by atoms with Crippen LogP contribution >= 0.6 is 0 Å². The molecule has 1 aromatic carbocycles. The van der Waals surface area contributed by atoms with E-state index in [9.17, 15) is 0 Å². The van der Waals surface area contributed by atoms with Crippen molar-refractivity contribution in [3.05, 3.63) is 41.5 Å². The summed E-state index contributed by atoms with van der Waals surface area (Å²) >= 11 is 0. The number of aromatic nitrogens is 2. The maximum absolute atomic E-state index is 5.61. The summed E-state index contributed by atoms with van der Waals surface area (Å²) in [6.45, 7) is 1.21. The Hall–Kier alpha value is -1.88. The highest BCUT2D eigenvalue weighted by Gasteiger charge is 2.29. The van der Waals surface area contributed by atoms with Crippen LogP contribution in [0.15, 0.2) is 28.8 Å². The Bertz CT molecular complexity index is 539. The number of benzene rings is 1. The number of ether oxygens (including phenoxy) is 1. The number of aryl methyl sites for hydroxylation is 1. The third-order valence-corrected chi connectivity index (χ3v) is 3.09. The van der Waals surface area contributed by atoms with Crippen molar-refractivity contribution < 1.29 is 9.26 Å². The van der Waals surface area contributed by atoms with E-state index >= 15 is 0 Å². The third-order valence-electron chi connectivity index (χ3n) is 3.09. The number of fused-ring (bicyclic) bond motifs is 1. The molecule has 2 aromatic rings. The Morgan fingerprint density at radius 1 is 1.33 bits per heavy atom. The monoisotopic (exact) mass is 245 g/mol. The third kappa shape index (κ3) is 1.97. The van der Waals surface area contributed by atoms with Crippen LogP contribution in [0.4, 0.5) is 0 Å². The van der Waals surface area contributed by atoms with E-state index < -0.39 is 0 Å². The van der Waals surface area contributed by atoms with Gasteiger partial charge in [0.2, 0.25) is 5.89 Å². The van der Waals surface area contributed by atoms with Crippen LogP contribution in [-0.2, 0) is 6.42 Å². The molecule has 0 saturated heterocycles. The maximum Gasteiger partial charge on any atom is 0.237 e. The number of hydrogen-bond donors (Lipinski definition) is 1. The molecule has 1 aromatic heterocycles. The van der Waals surface area contributed by atoms with Gasteiger partial charge in [0.25, 0.3) is 0 Å². The van der Waals surface area contributed by atoms with Crippen LogP contribution < -0.4 is 10.5 Å².